The van der Waals surface area contributed by atoms with Gasteiger partial charge in [-0.2, -0.15) is 0 Å². The lowest BCUT2D eigenvalue weighted by molar-refractivity contribution is -0.137. The summed E-state index contributed by atoms with van der Waals surface area (Å²) < 4.78 is 0. The Hall–Kier alpha value is -1.79. The van der Waals surface area contributed by atoms with Crippen LogP contribution >= 0.6 is 0 Å². The van der Waals surface area contributed by atoms with E-state index in [0.717, 1.165) is 0 Å². The molecule has 0 rings (SSSR count). The fraction of sp³-hybridized carbons (Fsp3) is 0.769. The molecular weight excluding hydrogens is 262 g/mol. The predicted molar refractivity (Wildman–Crippen MR) is 75.4 cm³/mol. The molecule has 2 N–H and O–H groups in total. The molecule has 0 aromatic carbocycles. The average Bonchev–Trinajstić information content (AvgIpc) is 2.32. The van der Waals surface area contributed by atoms with Crippen LogP contribution in [0.4, 0.5) is 4.79 Å². The van der Waals surface area contributed by atoms with E-state index in [4.69, 9.17) is 5.11 Å². The van der Waals surface area contributed by atoms with E-state index in [1.54, 1.807) is 34.9 Å². The van der Waals surface area contributed by atoms with Crippen LogP contribution in [-0.2, 0) is 9.59 Å². The summed E-state index contributed by atoms with van der Waals surface area (Å²) in [7, 11) is 3.26. The van der Waals surface area contributed by atoms with Gasteiger partial charge in [0.1, 0.15) is 6.54 Å². The minimum atomic E-state index is -0.901. The minimum absolute atomic E-state index is 0.00431. The van der Waals surface area contributed by atoms with Crippen molar-refractivity contribution in [2.75, 3.05) is 27.2 Å². The molecule has 0 aliphatic heterocycles. The number of amides is 3. The molecule has 0 atom stereocenters. The van der Waals surface area contributed by atoms with E-state index < -0.39 is 11.5 Å². The first-order valence-corrected chi connectivity index (χ1v) is 6.58. The highest BCUT2D eigenvalue weighted by Crippen LogP contribution is 2.12. The molecule has 0 aromatic heterocycles. The number of hydrogen-bond donors (Lipinski definition) is 2. The second kappa shape index (κ2) is 7.72. The summed E-state index contributed by atoms with van der Waals surface area (Å²) in [4.78, 5) is 37.1. The van der Waals surface area contributed by atoms with Crippen LogP contribution < -0.4 is 5.32 Å². The maximum Gasteiger partial charge on any atom is 0.318 e. The van der Waals surface area contributed by atoms with Gasteiger partial charge in [0, 0.05) is 32.6 Å². The van der Waals surface area contributed by atoms with Crippen LogP contribution in [0.2, 0.25) is 0 Å². The first-order chi connectivity index (χ1) is 9.09. The van der Waals surface area contributed by atoms with Gasteiger partial charge in [-0.3, -0.25) is 9.59 Å². The van der Waals surface area contributed by atoms with Gasteiger partial charge in [0.05, 0.1) is 0 Å². The second-order valence-electron chi connectivity index (χ2n) is 5.51. The predicted octanol–water partition coefficient (Wildman–Crippen LogP) is 0.750. The highest BCUT2D eigenvalue weighted by Gasteiger charge is 2.25. The third kappa shape index (κ3) is 6.96. The molecule has 0 aliphatic rings. The Morgan fingerprint density at radius 1 is 1.20 bits per heavy atom. The summed E-state index contributed by atoms with van der Waals surface area (Å²) in [5.74, 6) is -1.06. The topological polar surface area (TPSA) is 90.0 Å². The lowest BCUT2D eigenvalue weighted by Crippen LogP contribution is -2.52. The van der Waals surface area contributed by atoms with Crippen LogP contribution in [0, 0.1) is 0 Å². The average molecular weight is 287 g/mol. The Labute approximate surface area is 119 Å². The van der Waals surface area contributed by atoms with Crippen LogP contribution in [0.15, 0.2) is 0 Å². The fourth-order valence-corrected chi connectivity index (χ4v) is 1.48. The molecule has 0 saturated heterocycles. The minimum Gasteiger partial charge on any atom is -0.481 e. The van der Waals surface area contributed by atoms with E-state index >= 15 is 0 Å². The molecule has 3 amide bonds. The number of aliphatic carboxylic acids is 1. The Morgan fingerprint density at radius 3 is 2.15 bits per heavy atom. The second-order valence-corrected chi connectivity index (χ2v) is 5.51. The maximum atomic E-state index is 12.1. The molecule has 0 heterocycles. The standard InChI is InChI=1S/C13H25N3O4/c1-6-16(9-10(17)15(4)5)12(20)14-13(2,3)8-7-11(18)19/h6-9H2,1-5H3,(H,14,20)(H,18,19). The smallest absolute Gasteiger partial charge is 0.318 e. The van der Waals surface area contributed by atoms with E-state index in [1.165, 1.54) is 9.80 Å². The van der Waals surface area contributed by atoms with Crippen LogP contribution in [0.5, 0.6) is 0 Å². The van der Waals surface area contributed by atoms with Gasteiger partial charge >= 0.3 is 12.0 Å². The Balaban J connectivity index is 4.54. The van der Waals surface area contributed by atoms with E-state index in [-0.39, 0.29) is 24.9 Å². The summed E-state index contributed by atoms with van der Waals surface area (Å²) in [6.07, 6.45) is 0.309. The Morgan fingerprint density at radius 2 is 1.75 bits per heavy atom. The Kier molecular flexibility index (Phi) is 7.02. The zero-order valence-electron chi connectivity index (χ0n) is 12.9. The monoisotopic (exact) mass is 287 g/mol. The molecule has 7 nitrogen and oxygen atoms in total. The zero-order chi connectivity index (χ0) is 15.9. The highest BCUT2D eigenvalue weighted by atomic mass is 16.4. The molecule has 20 heavy (non-hydrogen) atoms. The van der Waals surface area contributed by atoms with Crippen LogP contribution in [0.25, 0.3) is 0 Å². The largest absolute Gasteiger partial charge is 0.481 e. The first-order valence-electron chi connectivity index (χ1n) is 6.58. The van der Waals surface area contributed by atoms with Crippen LogP contribution in [-0.4, -0.2) is 65.5 Å². The molecule has 7 heteroatoms. The number of carbonyl (C=O) groups is 3. The van der Waals surface area contributed by atoms with Crippen LogP contribution in [0.3, 0.4) is 0 Å². The van der Waals surface area contributed by atoms with E-state index in [2.05, 4.69) is 5.32 Å². The normalized spacial score (nSPS) is 10.8. The van der Waals surface area contributed by atoms with Crippen molar-refractivity contribution in [3.05, 3.63) is 0 Å². The van der Waals surface area contributed by atoms with Crippen molar-refractivity contribution in [1.82, 2.24) is 15.1 Å². The zero-order valence-corrected chi connectivity index (χ0v) is 12.9. The number of carboxylic acid groups (broad SMARTS) is 1. The molecule has 0 bridgehead atoms. The van der Waals surface area contributed by atoms with Gasteiger partial charge in [0.2, 0.25) is 5.91 Å². The summed E-state index contributed by atoms with van der Waals surface area (Å²) in [6.45, 7) is 5.71. The van der Waals surface area contributed by atoms with Crippen molar-refractivity contribution < 1.29 is 19.5 Å². The quantitative estimate of drug-likeness (QED) is 0.723. The van der Waals surface area contributed by atoms with Crippen molar-refractivity contribution in [2.45, 2.75) is 39.2 Å². The molecule has 0 radical (unpaired) electrons. The highest BCUT2D eigenvalue weighted by molar-refractivity contribution is 5.84. The SMILES string of the molecule is CCN(CC(=O)N(C)C)C(=O)NC(C)(C)CCC(=O)O. The molecule has 116 valence electrons. The number of likely N-dealkylation sites (N-methyl/N-ethyl adjacent to an activating group) is 2. The van der Waals surface area contributed by atoms with Gasteiger partial charge in [0.15, 0.2) is 0 Å². The van der Waals surface area contributed by atoms with Gasteiger partial charge < -0.3 is 20.2 Å². The molecule has 0 aromatic rings. The van der Waals surface area contributed by atoms with Crippen molar-refractivity contribution >= 4 is 17.9 Å². The third-order valence-corrected chi connectivity index (χ3v) is 2.90. The van der Waals surface area contributed by atoms with Crippen molar-refractivity contribution in [3.8, 4) is 0 Å². The fourth-order valence-electron chi connectivity index (χ4n) is 1.48. The molecule has 0 spiro atoms. The number of nitrogens with one attached hydrogen (secondary N) is 1. The summed E-state index contributed by atoms with van der Waals surface area (Å²) >= 11 is 0. The number of urea groups is 1. The molecule has 0 aliphatic carbocycles. The van der Waals surface area contributed by atoms with Gasteiger partial charge in [-0.05, 0) is 27.2 Å². The van der Waals surface area contributed by atoms with Gasteiger partial charge in [-0.1, -0.05) is 0 Å². The first kappa shape index (κ1) is 18.2. The van der Waals surface area contributed by atoms with Crippen molar-refractivity contribution in [3.63, 3.8) is 0 Å². The van der Waals surface area contributed by atoms with Crippen molar-refractivity contribution in [1.29, 1.82) is 0 Å². The third-order valence-electron chi connectivity index (χ3n) is 2.90. The number of nitrogens with zero attached hydrogens (tertiary/aromatic N) is 2. The van der Waals surface area contributed by atoms with Gasteiger partial charge in [0.25, 0.3) is 0 Å². The van der Waals surface area contributed by atoms with Crippen LogP contribution in [0.1, 0.15) is 33.6 Å². The summed E-state index contributed by atoms with van der Waals surface area (Å²) in [5, 5.41) is 11.4. The maximum absolute atomic E-state index is 12.1. The lowest BCUT2D eigenvalue weighted by atomic mass is 9.99. The van der Waals surface area contributed by atoms with Crippen molar-refractivity contribution in [2.24, 2.45) is 0 Å². The molecule has 0 unspecified atom stereocenters. The van der Waals surface area contributed by atoms with Gasteiger partial charge in [-0.15, -0.1) is 0 Å². The number of carboxylic acids is 1. The number of rotatable bonds is 7. The Bertz CT molecular complexity index is 367. The van der Waals surface area contributed by atoms with E-state index in [1.807, 2.05) is 0 Å². The van der Waals surface area contributed by atoms with E-state index in [9.17, 15) is 14.4 Å². The summed E-state index contributed by atoms with van der Waals surface area (Å²) in [6, 6.07) is -0.363. The molecular formula is C13H25N3O4. The molecule has 0 saturated carbocycles. The number of hydrogen-bond acceptors (Lipinski definition) is 3. The van der Waals surface area contributed by atoms with E-state index in [0.29, 0.717) is 13.0 Å². The van der Waals surface area contributed by atoms with Gasteiger partial charge in [-0.25, -0.2) is 4.79 Å². The lowest BCUT2D eigenvalue weighted by Gasteiger charge is -2.30. The molecule has 0 fully saturated rings. The number of carbonyl (C=O) groups excluding carboxylic acids is 2. The summed E-state index contributed by atoms with van der Waals surface area (Å²) in [5.41, 5.74) is -0.635.